The standard InChI is InChI=1S/C16H18ClNO2/c1-2-14-6-3-9-18(14)16(20)13-8-7-12(5-4-10-19)15(17)11-13/h7-8,11,14,19H,2-3,6,9-10H2,1H3. The molecule has 1 aliphatic rings. The normalized spacial score (nSPS) is 17.8. The van der Waals surface area contributed by atoms with Gasteiger partial charge in [0.2, 0.25) is 0 Å². The monoisotopic (exact) mass is 291 g/mol. The van der Waals surface area contributed by atoms with Gasteiger partial charge in [-0.3, -0.25) is 4.79 Å². The van der Waals surface area contributed by atoms with Gasteiger partial charge in [-0.1, -0.05) is 30.4 Å². The van der Waals surface area contributed by atoms with Gasteiger partial charge in [0.05, 0.1) is 5.02 Å². The first kappa shape index (κ1) is 14.9. The molecule has 1 unspecified atom stereocenters. The van der Waals surface area contributed by atoms with Crippen LogP contribution in [0.4, 0.5) is 0 Å². The maximum atomic E-state index is 12.5. The van der Waals surface area contributed by atoms with Crippen LogP contribution in [-0.2, 0) is 0 Å². The van der Waals surface area contributed by atoms with Crippen LogP contribution in [0.3, 0.4) is 0 Å². The van der Waals surface area contributed by atoms with Crippen molar-refractivity contribution in [2.24, 2.45) is 0 Å². The van der Waals surface area contributed by atoms with Gasteiger partial charge in [0.1, 0.15) is 6.61 Å². The number of benzene rings is 1. The molecular weight excluding hydrogens is 274 g/mol. The van der Waals surface area contributed by atoms with E-state index in [9.17, 15) is 4.79 Å². The van der Waals surface area contributed by atoms with Gasteiger partial charge in [-0.25, -0.2) is 0 Å². The molecule has 0 aliphatic carbocycles. The fourth-order valence-electron chi connectivity index (χ4n) is 2.58. The van der Waals surface area contributed by atoms with Gasteiger partial charge in [-0.15, -0.1) is 0 Å². The quantitative estimate of drug-likeness (QED) is 0.851. The molecule has 1 atom stereocenters. The highest BCUT2D eigenvalue weighted by atomic mass is 35.5. The van der Waals surface area contributed by atoms with Crippen LogP contribution in [0, 0.1) is 11.8 Å². The lowest BCUT2D eigenvalue weighted by atomic mass is 10.1. The van der Waals surface area contributed by atoms with Gasteiger partial charge in [0.15, 0.2) is 0 Å². The summed E-state index contributed by atoms with van der Waals surface area (Å²) in [5.74, 6) is 5.35. The summed E-state index contributed by atoms with van der Waals surface area (Å²) >= 11 is 6.13. The summed E-state index contributed by atoms with van der Waals surface area (Å²) in [5.41, 5.74) is 1.23. The van der Waals surface area contributed by atoms with E-state index in [0.717, 1.165) is 25.8 Å². The number of rotatable bonds is 2. The Labute approximate surface area is 124 Å². The summed E-state index contributed by atoms with van der Waals surface area (Å²) < 4.78 is 0. The molecule has 0 spiro atoms. The topological polar surface area (TPSA) is 40.5 Å². The maximum Gasteiger partial charge on any atom is 0.254 e. The second kappa shape index (κ2) is 6.78. The van der Waals surface area contributed by atoms with E-state index >= 15 is 0 Å². The van der Waals surface area contributed by atoms with Crippen molar-refractivity contribution >= 4 is 17.5 Å². The molecule has 1 N–H and O–H groups in total. The van der Waals surface area contributed by atoms with Crippen LogP contribution in [0.5, 0.6) is 0 Å². The molecule has 4 heteroatoms. The van der Waals surface area contributed by atoms with Gasteiger partial charge in [-0.05, 0) is 37.5 Å². The van der Waals surface area contributed by atoms with Crippen molar-refractivity contribution in [1.82, 2.24) is 4.90 Å². The van der Waals surface area contributed by atoms with E-state index in [0.29, 0.717) is 22.2 Å². The van der Waals surface area contributed by atoms with Crippen molar-refractivity contribution in [3.8, 4) is 11.8 Å². The number of amides is 1. The average Bonchev–Trinajstić information content (AvgIpc) is 2.93. The van der Waals surface area contributed by atoms with Crippen LogP contribution in [0.25, 0.3) is 0 Å². The highest BCUT2D eigenvalue weighted by Gasteiger charge is 2.28. The Morgan fingerprint density at radius 3 is 3.00 bits per heavy atom. The number of halogens is 1. The van der Waals surface area contributed by atoms with Gasteiger partial charge >= 0.3 is 0 Å². The number of hydrogen-bond acceptors (Lipinski definition) is 2. The Hall–Kier alpha value is -1.50. The number of likely N-dealkylation sites (tertiary alicyclic amines) is 1. The number of aliphatic hydroxyl groups excluding tert-OH is 1. The zero-order valence-corrected chi connectivity index (χ0v) is 12.3. The molecule has 1 aromatic rings. The van der Waals surface area contributed by atoms with Gasteiger partial charge in [0, 0.05) is 23.7 Å². The van der Waals surface area contributed by atoms with Crippen LogP contribution in [-0.4, -0.2) is 35.1 Å². The maximum absolute atomic E-state index is 12.5. The van der Waals surface area contributed by atoms with E-state index in [2.05, 4.69) is 18.8 Å². The largest absolute Gasteiger partial charge is 0.384 e. The van der Waals surface area contributed by atoms with E-state index in [1.807, 2.05) is 4.90 Å². The summed E-state index contributed by atoms with van der Waals surface area (Å²) in [5, 5.41) is 9.13. The first-order chi connectivity index (χ1) is 9.67. The summed E-state index contributed by atoms with van der Waals surface area (Å²) in [6, 6.07) is 5.49. The first-order valence-corrected chi connectivity index (χ1v) is 7.25. The van der Waals surface area contributed by atoms with Crippen molar-refractivity contribution < 1.29 is 9.90 Å². The zero-order valence-electron chi connectivity index (χ0n) is 11.5. The third-order valence-corrected chi connectivity index (χ3v) is 3.94. The Morgan fingerprint density at radius 2 is 2.35 bits per heavy atom. The molecule has 1 amide bonds. The Morgan fingerprint density at radius 1 is 1.55 bits per heavy atom. The van der Waals surface area contributed by atoms with Gasteiger partial charge in [0.25, 0.3) is 5.91 Å². The number of carbonyl (C=O) groups is 1. The minimum atomic E-state index is -0.205. The van der Waals surface area contributed by atoms with Crippen molar-refractivity contribution in [1.29, 1.82) is 0 Å². The molecule has 20 heavy (non-hydrogen) atoms. The van der Waals surface area contributed by atoms with Crippen LogP contribution in [0.15, 0.2) is 18.2 Å². The lowest BCUT2D eigenvalue weighted by Crippen LogP contribution is -2.35. The highest BCUT2D eigenvalue weighted by molar-refractivity contribution is 6.32. The molecule has 1 saturated heterocycles. The van der Waals surface area contributed by atoms with E-state index in [1.54, 1.807) is 18.2 Å². The van der Waals surface area contributed by atoms with Crippen molar-refractivity contribution in [2.45, 2.75) is 32.2 Å². The fourth-order valence-corrected chi connectivity index (χ4v) is 2.81. The summed E-state index contributed by atoms with van der Waals surface area (Å²) in [6.07, 6.45) is 3.13. The second-order valence-corrected chi connectivity index (χ2v) is 5.26. The predicted molar refractivity (Wildman–Crippen MR) is 79.8 cm³/mol. The van der Waals surface area contributed by atoms with Gasteiger partial charge in [-0.2, -0.15) is 0 Å². The second-order valence-electron chi connectivity index (χ2n) is 4.86. The zero-order chi connectivity index (χ0) is 14.5. The lowest BCUT2D eigenvalue weighted by Gasteiger charge is -2.23. The number of carbonyl (C=O) groups excluding carboxylic acids is 1. The summed E-state index contributed by atoms with van der Waals surface area (Å²) in [7, 11) is 0. The first-order valence-electron chi connectivity index (χ1n) is 6.87. The molecule has 1 fully saturated rings. The van der Waals surface area contributed by atoms with Crippen LogP contribution in [0.2, 0.25) is 5.02 Å². The minimum Gasteiger partial charge on any atom is -0.384 e. The smallest absolute Gasteiger partial charge is 0.254 e. The van der Waals surface area contributed by atoms with Crippen LogP contribution >= 0.6 is 11.6 Å². The van der Waals surface area contributed by atoms with E-state index < -0.39 is 0 Å². The molecule has 0 saturated carbocycles. The van der Waals surface area contributed by atoms with Crippen LogP contribution in [0.1, 0.15) is 42.1 Å². The third-order valence-electron chi connectivity index (χ3n) is 3.63. The minimum absolute atomic E-state index is 0.0397. The van der Waals surface area contributed by atoms with E-state index in [4.69, 9.17) is 16.7 Å². The van der Waals surface area contributed by atoms with Crippen molar-refractivity contribution in [3.05, 3.63) is 34.3 Å². The molecule has 2 rings (SSSR count). The number of hydrogen-bond donors (Lipinski definition) is 1. The van der Waals surface area contributed by atoms with E-state index in [1.165, 1.54) is 0 Å². The molecule has 0 radical (unpaired) electrons. The van der Waals surface area contributed by atoms with Gasteiger partial charge < -0.3 is 10.0 Å². The SMILES string of the molecule is CCC1CCCN1C(=O)c1ccc(C#CCO)c(Cl)c1. The Bertz CT molecular complexity index is 559. The predicted octanol–water partition coefficient (Wildman–Crippen LogP) is 2.70. The van der Waals surface area contributed by atoms with Crippen LogP contribution < -0.4 is 0 Å². The molecule has 1 heterocycles. The third kappa shape index (κ3) is 3.15. The molecule has 3 nitrogen and oxygen atoms in total. The van der Waals surface area contributed by atoms with Crippen molar-refractivity contribution in [2.75, 3.05) is 13.2 Å². The molecule has 1 aromatic carbocycles. The summed E-state index contributed by atoms with van der Waals surface area (Å²) in [4.78, 5) is 14.4. The average molecular weight is 292 g/mol. The van der Waals surface area contributed by atoms with E-state index in [-0.39, 0.29) is 12.5 Å². The molecule has 0 bridgehead atoms. The lowest BCUT2D eigenvalue weighted by molar-refractivity contribution is 0.0733. The molecule has 1 aliphatic heterocycles. The number of nitrogens with zero attached hydrogens (tertiary/aromatic N) is 1. The Balaban J connectivity index is 2.21. The fraction of sp³-hybridized carbons (Fsp3) is 0.438. The molecule has 106 valence electrons. The van der Waals surface area contributed by atoms with Crippen molar-refractivity contribution in [3.63, 3.8) is 0 Å². The summed E-state index contributed by atoms with van der Waals surface area (Å²) in [6.45, 7) is 2.72. The number of aliphatic hydroxyl groups is 1. The Kier molecular flexibility index (Phi) is 5.05. The molecule has 0 aromatic heterocycles. The highest BCUT2D eigenvalue weighted by Crippen LogP contribution is 2.24. The molecular formula is C16H18ClNO2.